The van der Waals surface area contributed by atoms with Gasteiger partial charge in [0, 0.05) is 18.6 Å². The van der Waals surface area contributed by atoms with E-state index < -0.39 is 10.0 Å². The monoisotopic (exact) mass is 311 g/mol. The van der Waals surface area contributed by atoms with Crippen molar-refractivity contribution in [3.63, 3.8) is 0 Å². The Kier molecular flexibility index (Phi) is 5.37. The van der Waals surface area contributed by atoms with E-state index in [1.165, 1.54) is 0 Å². The molecule has 0 saturated carbocycles. The predicted molar refractivity (Wildman–Crippen MR) is 85.2 cm³/mol. The number of nitrogens with two attached hydrogens (primary N) is 1. The van der Waals surface area contributed by atoms with Gasteiger partial charge >= 0.3 is 0 Å². The van der Waals surface area contributed by atoms with Gasteiger partial charge in [-0.25, -0.2) is 13.1 Å². The van der Waals surface area contributed by atoms with Gasteiger partial charge in [0.05, 0.1) is 5.75 Å². The Morgan fingerprint density at radius 1 is 1.29 bits per heavy atom. The lowest BCUT2D eigenvalue weighted by molar-refractivity contribution is 0.178. The molecule has 1 aromatic rings. The Morgan fingerprint density at radius 3 is 2.48 bits per heavy atom. The third kappa shape index (κ3) is 4.78. The van der Waals surface area contributed by atoms with E-state index in [4.69, 9.17) is 5.73 Å². The van der Waals surface area contributed by atoms with Crippen molar-refractivity contribution >= 4 is 10.0 Å². The zero-order valence-electron chi connectivity index (χ0n) is 12.7. The van der Waals surface area contributed by atoms with Crippen molar-refractivity contribution in [1.29, 1.82) is 0 Å². The minimum Gasteiger partial charge on any atom is -0.326 e. The molecule has 5 nitrogen and oxygen atoms in total. The Labute approximate surface area is 127 Å². The molecule has 3 N–H and O–H groups in total. The van der Waals surface area contributed by atoms with Crippen molar-refractivity contribution in [2.24, 2.45) is 5.73 Å². The summed E-state index contributed by atoms with van der Waals surface area (Å²) < 4.78 is 27.4. The molecule has 118 valence electrons. The van der Waals surface area contributed by atoms with Gasteiger partial charge in [0.15, 0.2) is 0 Å². The van der Waals surface area contributed by atoms with Crippen molar-refractivity contribution < 1.29 is 8.42 Å². The highest BCUT2D eigenvalue weighted by molar-refractivity contribution is 7.88. The van der Waals surface area contributed by atoms with E-state index in [9.17, 15) is 8.42 Å². The van der Waals surface area contributed by atoms with Crippen molar-refractivity contribution in [2.75, 3.05) is 13.6 Å². The first-order valence-electron chi connectivity index (χ1n) is 7.38. The molecular weight excluding hydrogens is 286 g/mol. The number of hydrogen-bond donors (Lipinski definition) is 2. The molecule has 1 fully saturated rings. The fourth-order valence-electron chi connectivity index (χ4n) is 2.68. The second-order valence-corrected chi connectivity index (χ2v) is 7.70. The second kappa shape index (κ2) is 6.87. The SMILES string of the molecule is CC1CC(NS(=O)(=O)Cc2ccc(CN)cc2)CCN1C. The summed E-state index contributed by atoms with van der Waals surface area (Å²) in [6.45, 7) is 3.53. The molecule has 0 radical (unpaired) electrons. The van der Waals surface area contributed by atoms with Crippen LogP contribution in [0.4, 0.5) is 0 Å². The molecule has 1 aromatic carbocycles. The fraction of sp³-hybridized carbons (Fsp3) is 0.600. The van der Waals surface area contributed by atoms with Crippen molar-refractivity contribution in [1.82, 2.24) is 9.62 Å². The van der Waals surface area contributed by atoms with Gasteiger partial charge in [-0.2, -0.15) is 0 Å². The van der Waals surface area contributed by atoms with Crippen molar-refractivity contribution in [3.05, 3.63) is 35.4 Å². The standard InChI is InChI=1S/C15H25N3O2S/c1-12-9-15(7-8-18(12)2)17-21(19,20)11-14-5-3-13(10-16)4-6-14/h3-6,12,15,17H,7-11,16H2,1-2H3. The van der Waals surface area contributed by atoms with Crippen LogP contribution in [0.25, 0.3) is 0 Å². The normalized spacial score (nSPS) is 24.1. The number of hydrogen-bond acceptors (Lipinski definition) is 4. The first kappa shape index (κ1) is 16.4. The number of sulfonamides is 1. The van der Waals surface area contributed by atoms with Gasteiger partial charge in [0.2, 0.25) is 10.0 Å². The molecule has 0 aromatic heterocycles. The Bertz CT molecular complexity index is 557. The van der Waals surface area contributed by atoms with Gasteiger partial charge in [0.1, 0.15) is 0 Å². The van der Waals surface area contributed by atoms with Crippen LogP contribution in [0.2, 0.25) is 0 Å². The van der Waals surface area contributed by atoms with Gasteiger partial charge in [-0.15, -0.1) is 0 Å². The largest absolute Gasteiger partial charge is 0.326 e. The maximum absolute atomic E-state index is 12.3. The lowest BCUT2D eigenvalue weighted by Crippen LogP contribution is -2.47. The molecule has 2 unspecified atom stereocenters. The summed E-state index contributed by atoms with van der Waals surface area (Å²) in [7, 11) is -1.22. The highest BCUT2D eigenvalue weighted by atomic mass is 32.2. The van der Waals surface area contributed by atoms with Gasteiger partial charge < -0.3 is 10.6 Å². The number of nitrogens with zero attached hydrogens (tertiary/aromatic N) is 1. The predicted octanol–water partition coefficient (Wildman–Crippen LogP) is 1.05. The van der Waals surface area contributed by atoms with E-state index in [2.05, 4.69) is 23.6 Å². The topological polar surface area (TPSA) is 75.4 Å². The van der Waals surface area contributed by atoms with Crippen LogP contribution in [0.15, 0.2) is 24.3 Å². The maximum Gasteiger partial charge on any atom is 0.216 e. The average molecular weight is 311 g/mol. The van der Waals surface area contributed by atoms with Crippen LogP contribution in [0.1, 0.15) is 30.9 Å². The fourth-order valence-corrected chi connectivity index (χ4v) is 4.12. The zero-order valence-corrected chi connectivity index (χ0v) is 13.6. The smallest absolute Gasteiger partial charge is 0.216 e. The average Bonchev–Trinajstić information content (AvgIpc) is 2.43. The molecule has 1 heterocycles. The molecule has 1 saturated heterocycles. The zero-order chi connectivity index (χ0) is 15.5. The van der Waals surface area contributed by atoms with E-state index in [-0.39, 0.29) is 11.8 Å². The molecule has 0 spiro atoms. The molecule has 2 atom stereocenters. The summed E-state index contributed by atoms with van der Waals surface area (Å²) in [4.78, 5) is 2.26. The summed E-state index contributed by atoms with van der Waals surface area (Å²) in [5.41, 5.74) is 7.34. The minimum atomic E-state index is -3.29. The van der Waals surface area contributed by atoms with Gasteiger partial charge in [-0.3, -0.25) is 0 Å². The molecule has 0 amide bonds. The molecule has 6 heteroatoms. The summed E-state index contributed by atoms with van der Waals surface area (Å²) in [6.07, 6.45) is 1.73. The molecule has 1 aliphatic rings. The van der Waals surface area contributed by atoms with Crippen LogP contribution in [-0.4, -0.2) is 39.0 Å². The molecule has 1 aliphatic heterocycles. The van der Waals surface area contributed by atoms with Crippen LogP contribution >= 0.6 is 0 Å². The van der Waals surface area contributed by atoms with Crippen molar-refractivity contribution in [3.8, 4) is 0 Å². The highest BCUT2D eigenvalue weighted by Gasteiger charge is 2.26. The second-order valence-electron chi connectivity index (χ2n) is 5.95. The first-order chi connectivity index (χ1) is 9.89. The van der Waals surface area contributed by atoms with Crippen LogP contribution in [0, 0.1) is 0 Å². The number of likely N-dealkylation sites (tertiary alicyclic amines) is 1. The Balaban J connectivity index is 1.95. The van der Waals surface area contributed by atoms with Crippen LogP contribution in [-0.2, 0) is 22.3 Å². The summed E-state index contributed by atoms with van der Waals surface area (Å²) in [6, 6.07) is 7.88. The van der Waals surface area contributed by atoms with Gasteiger partial charge in [0.25, 0.3) is 0 Å². The molecule has 0 aliphatic carbocycles. The van der Waals surface area contributed by atoms with E-state index in [1.807, 2.05) is 24.3 Å². The summed E-state index contributed by atoms with van der Waals surface area (Å²) >= 11 is 0. The van der Waals surface area contributed by atoms with Crippen LogP contribution < -0.4 is 10.5 Å². The lowest BCUT2D eigenvalue weighted by atomic mass is 10.0. The van der Waals surface area contributed by atoms with Gasteiger partial charge in [-0.1, -0.05) is 24.3 Å². The van der Waals surface area contributed by atoms with E-state index >= 15 is 0 Å². The lowest BCUT2D eigenvalue weighted by Gasteiger charge is -2.35. The van der Waals surface area contributed by atoms with E-state index in [0.29, 0.717) is 12.6 Å². The van der Waals surface area contributed by atoms with Gasteiger partial charge in [-0.05, 0) is 44.5 Å². The molecule has 2 rings (SSSR count). The minimum absolute atomic E-state index is 0.0264. The van der Waals surface area contributed by atoms with E-state index in [0.717, 1.165) is 30.5 Å². The summed E-state index contributed by atoms with van der Waals surface area (Å²) in [5, 5.41) is 0. The molecule has 0 bridgehead atoms. The Hall–Kier alpha value is -0.950. The third-order valence-corrected chi connectivity index (χ3v) is 5.58. The van der Waals surface area contributed by atoms with Crippen LogP contribution in [0.3, 0.4) is 0 Å². The Morgan fingerprint density at radius 2 is 1.90 bits per heavy atom. The quantitative estimate of drug-likeness (QED) is 0.852. The maximum atomic E-state index is 12.3. The van der Waals surface area contributed by atoms with Crippen molar-refractivity contribution in [2.45, 2.75) is 44.1 Å². The highest BCUT2D eigenvalue weighted by Crippen LogP contribution is 2.17. The summed E-state index contributed by atoms with van der Waals surface area (Å²) in [5.74, 6) is 0.0264. The van der Waals surface area contributed by atoms with Crippen LogP contribution in [0.5, 0.6) is 0 Å². The number of benzene rings is 1. The number of piperidine rings is 1. The number of nitrogens with one attached hydrogen (secondary N) is 1. The third-order valence-electron chi connectivity index (χ3n) is 4.17. The number of rotatable bonds is 5. The molecule has 21 heavy (non-hydrogen) atoms. The first-order valence-corrected chi connectivity index (χ1v) is 9.03. The van der Waals surface area contributed by atoms with E-state index in [1.54, 1.807) is 0 Å². The molecular formula is C15H25N3O2S.